The highest BCUT2D eigenvalue weighted by Crippen LogP contribution is 2.62. The second-order valence-electron chi connectivity index (χ2n) is 12.2. The minimum atomic E-state index is 0.345. The fourth-order valence-corrected chi connectivity index (χ4v) is 8.01. The standard InChI is InChI=1S/C28H45N/c1-19(2)8-6-9-20(3)24-13-14-26-23-12-11-21-18-22(29)15-17-27(21,4)25(23)10-7-16-28(24,26)5/h13-14,19-26H,6,8-9,11-12,15-18,29H2,1-5H3. The van der Waals surface area contributed by atoms with Crippen LogP contribution >= 0.6 is 0 Å². The van der Waals surface area contributed by atoms with E-state index < -0.39 is 0 Å². The van der Waals surface area contributed by atoms with Crippen molar-refractivity contribution in [3.05, 3.63) is 12.2 Å². The smallest absolute Gasteiger partial charge is 0.0293 e. The van der Waals surface area contributed by atoms with Gasteiger partial charge < -0.3 is 5.73 Å². The third-order valence-electron chi connectivity index (χ3n) is 9.85. The zero-order chi connectivity index (χ0) is 20.8. The van der Waals surface area contributed by atoms with E-state index in [0.29, 0.717) is 34.6 Å². The first-order valence-corrected chi connectivity index (χ1v) is 12.7. The van der Waals surface area contributed by atoms with Crippen molar-refractivity contribution in [2.75, 3.05) is 0 Å². The molecule has 9 unspecified atom stereocenters. The lowest BCUT2D eigenvalue weighted by Gasteiger charge is -2.55. The number of allylic oxidation sites excluding steroid dienone is 2. The van der Waals surface area contributed by atoms with Crippen LogP contribution in [0.4, 0.5) is 0 Å². The average molecular weight is 396 g/mol. The first-order valence-electron chi connectivity index (χ1n) is 12.7. The molecule has 0 aromatic rings. The molecule has 4 aliphatic carbocycles. The molecule has 0 aromatic heterocycles. The van der Waals surface area contributed by atoms with E-state index >= 15 is 0 Å². The Morgan fingerprint density at radius 1 is 1.03 bits per heavy atom. The van der Waals surface area contributed by atoms with Crippen LogP contribution in [0.5, 0.6) is 0 Å². The van der Waals surface area contributed by atoms with Crippen molar-refractivity contribution in [3.8, 4) is 11.8 Å². The first kappa shape index (κ1) is 21.5. The Balaban J connectivity index is 1.53. The quantitative estimate of drug-likeness (QED) is 0.401. The molecular weight excluding hydrogens is 350 g/mol. The Hall–Kier alpha value is -0.740. The van der Waals surface area contributed by atoms with Crippen LogP contribution in [0.3, 0.4) is 0 Å². The molecule has 2 N–H and O–H groups in total. The predicted octanol–water partition coefficient (Wildman–Crippen LogP) is 6.82. The molecule has 0 amide bonds. The summed E-state index contributed by atoms with van der Waals surface area (Å²) < 4.78 is 0. The van der Waals surface area contributed by atoms with Crippen LogP contribution in [0.1, 0.15) is 92.4 Å². The van der Waals surface area contributed by atoms with E-state index in [4.69, 9.17) is 5.73 Å². The van der Waals surface area contributed by atoms with Gasteiger partial charge in [-0.3, -0.25) is 0 Å². The molecule has 29 heavy (non-hydrogen) atoms. The third-order valence-corrected chi connectivity index (χ3v) is 9.85. The highest BCUT2D eigenvalue weighted by molar-refractivity contribution is 5.26. The van der Waals surface area contributed by atoms with Crippen LogP contribution in [-0.2, 0) is 0 Å². The summed E-state index contributed by atoms with van der Waals surface area (Å²) in [6.07, 6.45) is 16.9. The van der Waals surface area contributed by atoms with Crippen molar-refractivity contribution >= 4 is 0 Å². The van der Waals surface area contributed by atoms with Crippen molar-refractivity contribution in [1.29, 1.82) is 0 Å². The summed E-state index contributed by atoms with van der Waals surface area (Å²) in [6, 6.07) is 0.427. The molecular formula is C28H45N. The second-order valence-corrected chi connectivity index (χ2v) is 12.2. The molecule has 0 bridgehead atoms. The molecule has 4 rings (SSSR count). The van der Waals surface area contributed by atoms with Crippen LogP contribution in [0.15, 0.2) is 12.2 Å². The van der Waals surface area contributed by atoms with E-state index in [0.717, 1.165) is 30.1 Å². The van der Waals surface area contributed by atoms with Gasteiger partial charge in [-0.1, -0.05) is 72.0 Å². The molecule has 0 spiro atoms. The second kappa shape index (κ2) is 8.07. The Morgan fingerprint density at radius 3 is 2.59 bits per heavy atom. The molecule has 0 heterocycles. The zero-order valence-electron chi connectivity index (χ0n) is 19.7. The van der Waals surface area contributed by atoms with E-state index in [2.05, 4.69) is 58.6 Å². The van der Waals surface area contributed by atoms with Gasteiger partial charge in [0, 0.05) is 18.4 Å². The van der Waals surface area contributed by atoms with E-state index in [-0.39, 0.29) is 0 Å². The minimum Gasteiger partial charge on any atom is -0.328 e. The lowest BCUT2D eigenvalue weighted by atomic mass is 9.49. The maximum atomic E-state index is 6.37. The van der Waals surface area contributed by atoms with Gasteiger partial charge in [0.1, 0.15) is 0 Å². The van der Waals surface area contributed by atoms with Crippen molar-refractivity contribution < 1.29 is 0 Å². The molecule has 0 radical (unpaired) electrons. The minimum absolute atomic E-state index is 0.345. The van der Waals surface area contributed by atoms with Crippen molar-refractivity contribution in [1.82, 2.24) is 0 Å². The Kier molecular flexibility index (Phi) is 5.98. The van der Waals surface area contributed by atoms with Crippen LogP contribution in [-0.4, -0.2) is 6.04 Å². The van der Waals surface area contributed by atoms with Gasteiger partial charge in [0.15, 0.2) is 0 Å². The summed E-state index contributed by atoms with van der Waals surface area (Å²) in [6.45, 7) is 12.4. The van der Waals surface area contributed by atoms with Crippen molar-refractivity contribution in [2.24, 2.45) is 58.0 Å². The summed E-state index contributed by atoms with van der Waals surface area (Å²) in [5, 5.41) is 0. The molecule has 9 atom stereocenters. The number of hydrogen-bond acceptors (Lipinski definition) is 1. The van der Waals surface area contributed by atoms with E-state index in [1.807, 2.05) is 0 Å². The van der Waals surface area contributed by atoms with Crippen LogP contribution in [0.25, 0.3) is 0 Å². The molecule has 162 valence electrons. The lowest BCUT2D eigenvalue weighted by molar-refractivity contribution is -0.0442. The molecule has 4 aliphatic rings. The topological polar surface area (TPSA) is 26.0 Å². The van der Waals surface area contributed by atoms with Gasteiger partial charge in [0.2, 0.25) is 0 Å². The maximum absolute atomic E-state index is 6.37. The summed E-state index contributed by atoms with van der Waals surface area (Å²) >= 11 is 0. The van der Waals surface area contributed by atoms with Crippen LogP contribution in [0, 0.1) is 64.1 Å². The van der Waals surface area contributed by atoms with Crippen LogP contribution in [0.2, 0.25) is 0 Å². The number of hydrogen-bond donors (Lipinski definition) is 1. The number of rotatable bonds is 5. The highest BCUT2D eigenvalue weighted by atomic mass is 14.7. The van der Waals surface area contributed by atoms with E-state index in [1.165, 1.54) is 51.4 Å². The van der Waals surface area contributed by atoms with E-state index in [9.17, 15) is 0 Å². The molecule has 2 fully saturated rings. The largest absolute Gasteiger partial charge is 0.328 e. The van der Waals surface area contributed by atoms with Gasteiger partial charge in [-0.15, -0.1) is 5.92 Å². The molecule has 0 saturated heterocycles. The van der Waals surface area contributed by atoms with Crippen molar-refractivity contribution in [3.63, 3.8) is 0 Å². The number of nitrogens with two attached hydrogens (primary N) is 1. The normalized spacial score (nSPS) is 46.9. The monoisotopic (exact) mass is 395 g/mol. The van der Waals surface area contributed by atoms with Gasteiger partial charge in [0.25, 0.3) is 0 Å². The van der Waals surface area contributed by atoms with Crippen molar-refractivity contribution in [2.45, 2.75) is 98.4 Å². The highest BCUT2D eigenvalue weighted by Gasteiger charge is 2.56. The molecule has 2 saturated carbocycles. The third kappa shape index (κ3) is 3.73. The summed E-state index contributed by atoms with van der Waals surface area (Å²) in [5.74, 6) is 12.8. The fourth-order valence-electron chi connectivity index (χ4n) is 8.01. The molecule has 0 aliphatic heterocycles. The van der Waals surface area contributed by atoms with E-state index in [1.54, 1.807) is 0 Å². The van der Waals surface area contributed by atoms with Gasteiger partial charge in [-0.2, -0.15) is 0 Å². The first-order chi connectivity index (χ1) is 13.8. The summed E-state index contributed by atoms with van der Waals surface area (Å²) in [7, 11) is 0. The van der Waals surface area contributed by atoms with Gasteiger partial charge in [-0.05, 0) is 78.4 Å². The lowest BCUT2D eigenvalue weighted by Crippen LogP contribution is -2.51. The van der Waals surface area contributed by atoms with Gasteiger partial charge >= 0.3 is 0 Å². The SMILES string of the molecule is CC(C)CCCC(C)C1C=CC2C3CCC4CC(N)CCC4(C)C3C#CCC12C. The Bertz CT molecular complexity index is 680. The maximum Gasteiger partial charge on any atom is 0.0293 e. The Morgan fingerprint density at radius 2 is 1.83 bits per heavy atom. The summed E-state index contributed by atoms with van der Waals surface area (Å²) in [5.41, 5.74) is 7.11. The summed E-state index contributed by atoms with van der Waals surface area (Å²) in [4.78, 5) is 0. The van der Waals surface area contributed by atoms with Crippen LogP contribution < -0.4 is 5.73 Å². The van der Waals surface area contributed by atoms with Gasteiger partial charge in [0.05, 0.1) is 0 Å². The molecule has 1 heteroatoms. The van der Waals surface area contributed by atoms with Gasteiger partial charge in [-0.25, -0.2) is 0 Å². The fraction of sp³-hybridized carbons (Fsp3) is 0.857. The average Bonchev–Trinajstić information content (AvgIpc) is 2.91. The molecule has 0 aromatic carbocycles. The molecule has 1 nitrogen and oxygen atoms in total. The zero-order valence-corrected chi connectivity index (χ0v) is 19.7. The Labute approximate surface area is 180 Å². The predicted molar refractivity (Wildman–Crippen MR) is 124 cm³/mol. The number of fused-ring (bicyclic) bond motifs is 5.